The van der Waals surface area contributed by atoms with Gasteiger partial charge in [-0.1, -0.05) is 17.7 Å². The molecule has 2 N–H and O–H groups in total. The summed E-state index contributed by atoms with van der Waals surface area (Å²) >= 11 is 12.1. The first-order valence-corrected chi connectivity index (χ1v) is 11.3. The average Bonchev–Trinajstić information content (AvgIpc) is 3.31. The average molecular weight is 476 g/mol. The molecule has 1 saturated heterocycles. The van der Waals surface area contributed by atoms with Crippen LogP contribution in [0.3, 0.4) is 0 Å². The molecule has 1 aromatic carbocycles. The Morgan fingerprint density at radius 3 is 2.64 bits per heavy atom. The molecule has 1 aliphatic rings. The van der Waals surface area contributed by atoms with Crippen LogP contribution in [-0.2, 0) is 0 Å². The van der Waals surface area contributed by atoms with E-state index in [0.29, 0.717) is 15.8 Å². The lowest BCUT2D eigenvalue weighted by Crippen LogP contribution is -2.29. The van der Waals surface area contributed by atoms with Gasteiger partial charge < -0.3 is 19.9 Å². The minimum Gasteiger partial charge on any atom is -0.506 e. The summed E-state index contributed by atoms with van der Waals surface area (Å²) in [5.74, 6) is 0.108. The molecule has 0 spiro atoms. The number of benzene rings is 1. The van der Waals surface area contributed by atoms with Crippen molar-refractivity contribution in [1.82, 2.24) is 19.9 Å². The van der Waals surface area contributed by atoms with Gasteiger partial charge in [0.2, 0.25) is 0 Å². The van der Waals surface area contributed by atoms with Crippen LogP contribution in [0.25, 0.3) is 5.69 Å². The number of rotatable bonds is 4. The number of anilines is 1. The quantitative estimate of drug-likeness (QED) is 0.384. The topological polar surface area (TPSA) is 66.2 Å². The summed E-state index contributed by atoms with van der Waals surface area (Å²) in [6.45, 7) is 4.16. The largest absolute Gasteiger partial charge is 0.506 e. The Morgan fingerprint density at radius 2 is 1.91 bits per heavy atom. The van der Waals surface area contributed by atoms with Crippen molar-refractivity contribution in [1.29, 1.82) is 0 Å². The zero-order valence-corrected chi connectivity index (χ0v) is 19.7. The summed E-state index contributed by atoms with van der Waals surface area (Å²) in [4.78, 5) is 10.8. The lowest BCUT2D eigenvalue weighted by atomic mass is 9.96. The first-order chi connectivity index (χ1) is 16.0. The van der Waals surface area contributed by atoms with Gasteiger partial charge >= 0.3 is 0 Å². The summed E-state index contributed by atoms with van der Waals surface area (Å²) < 4.78 is 2.18. The van der Waals surface area contributed by atoms with Crippen LogP contribution in [-0.4, -0.2) is 24.8 Å². The molecule has 4 aromatic rings. The fourth-order valence-corrected chi connectivity index (χ4v) is 5.10. The number of aromatic hydroxyl groups is 1. The Labute approximate surface area is 202 Å². The molecule has 0 unspecified atom stereocenters. The number of pyridine rings is 2. The van der Waals surface area contributed by atoms with Crippen LogP contribution >= 0.6 is 23.8 Å². The van der Waals surface area contributed by atoms with Crippen molar-refractivity contribution in [2.75, 3.05) is 4.90 Å². The number of phenols is 1. The van der Waals surface area contributed by atoms with Crippen molar-refractivity contribution in [2.45, 2.75) is 25.9 Å². The lowest BCUT2D eigenvalue weighted by molar-refractivity contribution is 0.472. The molecule has 33 heavy (non-hydrogen) atoms. The Bertz CT molecular complexity index is 1330. The number of hydrogen-bond donors (Lipinski definition) is 2. The maximum Gasteiger partial charge on any atom is 0.174 e. The molecule has 3 aromatic heterocycles. The van der Waals surface area contributed by atoms with Crippen molar-refractivity contribution in [2.24, 2.45) is 0 Å². The van der Waals surface area contributed by atoms with E-state index in [1.807, 2.05) is 41.4 Å². The standard InChI is InChI=1S/C25H22ClN5OS/c1-15-12-19(16(2)30(15)18-6-5-10-27-14-18)24-23(20-7-3-4-11-28-20)29-25(33)31(24)21-13-17(26)8-9-22(21)32/h3-14,23-24,32H,1-2H3,(H,29,33)/t23-,24+/m1/s1. The van der Waals surface area contributed by atoms with Crippen LogP contribution in [0.1, 0.15) is 34.7 Å². The summed E-state index contributed by atoms with van der Waals surface area (Å²) in [7, 11) is 0. The second kappa shape index (κ2) is 8.50. The second-order valence-electron chi connectivity index (χ2n) is 8.00. The molecule has 1 aliphatic heterocycles. The second-order valence-corrected chi connectivity index (χ2v) is 8.83. The van der Waals surface area contributed by atoms with Gasteiger partial charge in [0.05, 0.1) is 35.3 Å². The number of aryl methyl sites for hydroxylation is 1. The van der Waals surface area contributed by atoms with E-state index in [9.17, 15) is 5.11 Å². The van der Waals surface area contributed by atoms with Gasteiger partial charge in [-0.05, 0) is 80.2 Å². The smallest absolute Gasteiger partial charge is 0.174 e. The zero-order valence-electron chi connectivity index (χ0n) is 18.1. The SMILES string of the molecule is Cc1cc([C@H]2[C@@H](c3ccccn3)NC(=S)N2c2cc(Cl)ccc2O)c(C)n1-c1cccnc1. The first-order valence-electron chi connectivity index (χ1n) is 10.5. The van der Waals surface area contributed by atoms with Gasteiger partial charge in [0.15, 0.2) is 5.11 Å². The fourth-order valence-electron chi connectivity index (χ4n) is 4.59. The van der Waals surface area contributed by atoms with Gasteiger partial charge in [-0.3, -0.25) is 9.97 Å². The predicted molar refractivity (Wildman–Crippen MR) is 134 cm³/mol. The summed E-state index contributed by atoms with van der Waals surface area (Å²) in [6, 6.07) is 16.5. The van der Waals surface area contributed by atoms with E-state index in [-0.39, 0.29) is 17.8 Å². The van der Waals surface area contributed by atoms with Crippen LogP contribution in [0, 0.1) is 13.8 Å². The maximum atomic E-state index is 10.7. The number of hydrogen-bond acceptors (Lipinski definition) is 4. The molecule has 2 atom stereocenters. The fraction of sp³-hybridized carbons (Fsp3) is 0.160. The molecule has 0 bridgehead atoms. The maximum absolute atomic E-state index is 10.7. The third-order valence-corrected chi connectivity index (χ3v) is 6.54. The summed E-state index contributed by atoms with van der Waals surface area (Å²) in [6.07, 6.45) is 5.38. The molecule has 8 heteroatoms. The van der Waals surface area contributed by atoms with E-state index in [2.05, 4.69) is 39.8 Å². The summed E-state index contributed by atoms with van der Waals surface area (Å²) in [5.41, 5.74) is 5.60. The molecule has 1 fully saturated rings. The van der Waals surface area contributed by atoms with Gasteiger partial charge in [0, 0.05) is 28.8 Å². The highest BCUT2D eigenvalue weighted by molar-refractivity contribution is 7.80. The van der Waals surface area contributed by atoms with Gasteiger partial charge in [0.25, 0.3) is 0 Å². The van der Waals surface area contributed by atoms with E-state index in [4.69, 9.17) is 23.8 Å². The highest BCUT2D eigenvalue weighted by Crippen LogP contribution is 2.46. The normalized spacial score (nSPS) is 17.9. The Morgan fingerprint density at radius 1 is 1.06 bits per heavy atom. The summed E-state index contributed by atoms with van der Waals surface area (Å²) in [5, 5.41) is 15.2. The van der Waals surface area contributed by atoms with E-state index < -0.39 is 0 Å². The van der Waals surface area contributed by atoms with Crippen LogP contribution in [0.4, 0.5) is 5.69 Å². The third kappa shape index (κ3) is 3.73. The Balaban J connectivity index is 1.71. The van der Waals surface area contributed by atoms with E-state index >= 15 is 0 Å². The molecule has 0 aliphatic carbocycles. The Hall–Kier alpha value is -3.42. The third-order valence-electron chi connectivity index (χ3n) is 5.99. The number of phenolic OH excluding ortho intramolecular Hbond substituents is 1. The minimum absolute atomic E-state index is 0.108. The monoisotopic (exact) mass is 475 g/mol. The zero-order chi connectivity index (χ0) is 23.1. The Kier molecular flexibility index (Phi) is 5.52. The number of nitrogens with one attached hydrogen (secondary N) is 1. The first kappa shape index (κ1) is 21.4. The van der Waals surface area contributed by atoms with Crippen LogP contribution in [0.5, 0.6) is 5.75 Å². The number of halogens is 1. The van der Waals surface area contributed by atoms with E-state index in [1.165, 1.54) is 0 Å². The van der Waals surface area contributed by atoms with Crippen molar-refractivity contribution in [3.63, 3.8) is 0 Å². The number of nitrogens with zero attached hydrogens (tertiary/aromatic N) is 4. The van der Waals surface area contributed by atoms with Gasteiger partial charge in [-0.2, -0.15) is 0 Å². The van der Waals surface area contributed by atoms with Crippen molar-refractivity contribution >= 4 is 34.6 Å². The van der Waals surface area contributed by atoms with Crippen molar-refractivity contribution in [3.05, 3.63) is 101 Å². The number of aromatic nitrogens is 3. The number of thiocarbonyl (C=S) groups is 1. The molecule has 0 saturated carbocycles. The molecule has 166 valence electrons. The molecule has 5 rings (SSSR count). The van der Waals surface area contributed by atoms with Crippen molar-refractivity contribution < 1.29 is 5.11 Å². The van der Waals surface area contributed by atoms with E-state index in [0.717, 1.165) is 28.3 Å². The molecular formula is C25H22ClN5OS. The van der Waals surface area contributed by atoms with Crippen molar-refractivity contribution in [3.8, 4) is 11.4 Å². The molecular weight excluding hydrogens is 454 g/mol. The lowest BCUT2D eigenvalue weighted by Gasteiger charge is -2.28. The van der Waals surface area contributed by atoms with Gasteiger partial charge in [-0.25, -0.2) is 0 Å². The van der Waals surface area contributed by atoms with Gasteiger partial charge in [-0.15, -0.1) is 0 Å². The van der Waals surface area contributed by atoms with Crippen LogP contribution < -0.4 is 10.2 Å². The van der Waals surface area contributed by atoms with E-state index in [1.54, 1.807) is 30.6 Å². The van der Waals surface area contributed by atoms with Crippen LogP contribution in [0.15, 0.2) is 73.2 Å². The highest BCUT2D eigenvalue weighted by Gasteiger charge is 2.43. The minimum atomic E-state index is -0.256. The molecule has 0 amide bonds. The van der Waals surface area contributed by atoms with Gasteiger partial charge in [0.1, 0.15) is 5.75 Å². The molecule has 6 nitrogen and oxygen atoms in total. The highest BCUT2D eigenvalue weighted by atomic mass is 35.5. The predicted octanol–water partition coefficient (Wildman–Crippen LogP) is 5.42. The molecule has 4 heterocycles. The van der Waals surface area contributed by atoms with Crippen LogP contribution in [0.2, 0.25) is 5.02 Å². The molecule has 0 radical (unpaired) electrons.